The quantitative estimate of drug-likeness (QED) is 0.857. The highest BCUT2D eigenvalue weighted by Crippen LogP contribution is 2.30. The van der Waals surface area contributed by atoms with Crippen molar-refractivity contribution in [1.29, 1.82) is 0 Å². The minimum absolute atomic E-state index is 0. The summed E-state index contributed by atoms with van der Waals surface area (Å²) in [6.07, 6.45) is 2.27. The molecular formula is C14H21ClN2O. The van der Waals surface area contributed by atoms with Crippen molar-refractivity contribution >= 4 is 24.0 Å². The van der Waals surface area contributed by atoms with Crippen molar-refractivity contribution in [1.82, 2.24) is 4.90 Å². The van der Waals surface area contributed by atoms with Gasteiger partial charge in [-0.2, -0.15) is 0 Å². The molecule has 0 radical (unpaired) electrons. The molecule has 0 spiro atoms. The summed E-state index contributed by atoms with van der Waals surface area (Å²) < 4.78 is 0. The number of nitrogen functional groups attached to an aromatic ring is 1. The highest BCUT2D eigenvalue weighted by Gasteiger charge is 2.34. The zero-order valence-electron chi connectivity index (χ0n) is 11.1. The van der Waals surface area contributed by atoms with Gasteiger partial charge in [-0.1, -0.05) is 0 Å². The van der Waals surface area contributed by atoms with E-state index in [2.05, 4.69) is 13.8 Å². The molecule has 18 heavy (non-hydrogen) atoms. The summed E-state index contributed by atoms with van der Waals surface area (Å²) in [5.41, 5.74) is 8.23. The molecule has 1 aliphatic carbocycles. The molecule has 0 atom stereocenters. The average Bonchev–Trinajstić information content (AvgIpc) is 3.06. The number of carbonyl (C=O) groups excluding carboxylic acids is 1. The molecule has 0 saturated heterocycles. The summed E-state index contributed by atoms with van der Waals surface area (Å²) in [7, 11) is 0. The van der Waals surface area contributed by atoms with E-state index in [1.807, 2.05) is 30.0 Å². The Morgan fingerprint density at radius 1 is 1.39 bits per heavy atom. The number of hydrogen-bond donors (Lipinski definition) is 1. The number of anilines is 1. The van der Waals surface area contributed by atoms with Crippen LogP contribution in [0.15, 0.2) is 18.2 Å². The fraction of sp³-hybridized carbons (Fsp3) is 0.500. The van der Waals surface area contributed by atoms with Crippen LogP contribution in [0.3, 0.4) is 0 Å². The van der Waals surface area contributed by atoms with Gasteiger partial charge in [0.1, 0.15) is 0 Å². The van der Waals surface area contributed by atoms with Gasteiger partial charge in [-0.25, -0.2) is 0 Å². The number of halogens is 1. The standard InChI is InChI=1S/C14H20N2O.ClH/c1-9(2)16(12-5-6-12)14(17)11-4-7-13(15)10(3)8-11;/h4,7-9,12H,5-6,15H2,1-3H3;1H. The molecule has 0 aromatic heterocycles. The second-order valence-electron chi connectivity index (χ2n) is 5.11. The first kappa shape index (κ1) is 14.8. The highest BCUT2D eigenvalue weighted by atomic mass is 35.5. The first-order chi connectivity index (χ1) is 8.00. The average molecular weight is 269 g/mol. The van der Waals surface area contributed by atoms with E-state index in [1.54, 1.807) is 0 Å². The smallest absolute Gasteiger partial charge is 0.254 e. The molecule has 1 saturated carbocycles. The Hall–Kier alpha value is -1.22. The zero-order chi connectivity index (χ0) is 12.6. The van der Waals surface area contributed by atoms with Crippen LogP contribution in [-0.4, -0.2) is 22.9 Å². The molecule has 1 fully saturated rings. The minimum Gasteiger partial charge on any atom is -0.399 e. The van der Waals surface area contributed by atoms with E-state index in [9.17, 15) is 4.79 Å². The second-order valence-corrected chi connectivity index (χ2v) is 5.11. The van der Waals surface area contributed by atoms with E-state index in [1.165, 1.54) is 0 Å². The molecule has 1 aliphatic rings. The van der Waals surface area contributed by atoms with Crippen molar-refractivity contribution < 1.29 is 4.79 Å². The summed E-state index contributed by atoms with van der Waals surface area (Å²) in [5, 5.41) is 0. The number of carbonyl (C=O) groups is 1. The van der Waals surface area contributed by atoms with Gasteiger partial charge >= 0.3 is 0 Å². The molecular weight excluding hydrogens is 248 g/mol. The van der Waals surface area contributed by atoms with Crippen molar-refractivity contribution in [3.05, 3.63) is 29.3 Å². The fourth-order valence-corrected chi connectivity index (χ4v) is 2.13. The topological polar surface area (TPSA) is 46.3 Å². The van der Waals surface area contributed by atoms with E-state index in [4.69, 9.17) is 5.73 Å². The first-order valence-electron chi connectivity index (χ1n) is 6.19. The lowest BCUT2D eigenvalue weighted by molar-refractivity contribution is 0.0690. The Morgan fingerprint density at radius 2 is 2.00 bits per heavy atom. The van der Waals surface area contributed by atoms with Crippen LogP contribution < -0.4 is 5.73 Å². The predicted molar refractivity (Wildman–Crippen MR) is 77.2 cm³/mol. The van der Waals surface area contributed by atoms with E-state index in [-0.39, 0.29) is 24.4 Å². The van der Waals surface area contributed by atoms with Crippen LogP contribution in [0.5, 0.6) is 0 Å². The summed E-state index contributed by atoms with van der Waals surface area (Å²) in [5.74, 6) is 0.130. The monoisotopic (exact) mass is 268 g/mol. The molecule has 0 unspecified atom stereocenters. The van der Waals surface area contributed by atoms with Gasteiger partial charge in [0, 0.05) is 23.3 Å². The third-order valence-electron chi connectivity index (χ3n) is 3.25. The molecule has 100 valence electrons. The van der Waals surface area contributed by atoms with Gasteiger partial charge in [-0.05, 0) is 57.4 Å². The number of aryl methyl sites for hydroxylation is 1. The van der Waals surface area contributed by atoms with Crippen LogP contribution >= 0.6 is 12.4 Å². The van der Waals surface area contributed by atoms with Crippen molar-refractivity contribution in [2.24, 2.45) is 0 Å². The minimum atomic E-state index is 0. The molecule has 1 amide bonds. The van der Waals surface area contributed by atoms with Crippen LogP contribution in [0.1, 0.15) is 42.6 Å². The van der Waals surface area contributed by atoms with Crippen molar-refractivity contribution in [2.45, 2.75) is 45.7 Å². The van der Waals surface area contributed by atoms with Crippen LogP contribution in [0.25, 0.3) is 0 Å². The van der Waals surface area contributed by atoms with Gasteiger partial charge in [0.05, 0.1) is 0 Å². The van der Waals surface area contributed by atoms with Gasteiger partial charge in [0.2, 0.25) is 0 Å². The van der Waals surface area contributed by atoms with Gasteiger partial charge in [-0.15, -0.1) is 12.4 Å². The second kappa shape index (κ2) is 5.61. The Morgan fingerprint density at radius 3 is 2.44 bits per heavy atom. The number of nitrogens with two attached hydrogens (primary N) is 1. The SMILES string of the molecule is Cc1cc(C(=O)N(C(C)C)C2CC2)ccc1N.Cl. The zero-order valence-corrected chi connectivity index (χ0v) is 12.0. The van der Waals surface area contributed by atoms with Crippen LogP contribution in [0, 0.1) is 6.92 Å². The van der Waals surface area contributed by atoms with E-state index in [0.29, 0.717) is 6.04 Å². The summed E-state index contributed by atoms with van der Waals surface area (Å²) in [6, 6.07) is 6.22. The molecule has 1 aromatic rings. The predicted octanol–water partition coefficient (Wildman–Crippen LogP) is 3.01. The van der Waals surface area contributed by atoms with Crippen molar-refractivity contribution in [2.75, 3.05) is 5.73 Å². The van der Waals surface area contributed by atoms with Gasteiger partial charge in [0.25, 0.3) is 5.91 Å². The normalized spacial score (nSPS) is 14.2. The third kappa shape index (κ3) is 2.96. The van der Waals surface area contributed by atoms with Crippen LogP contribution in [-0.2, 0) is 0 Å². The number of amides is 1. The Kier molecular flexibility index (Phi) is 4.63. The van der Waals surface area contributed by atoms with E-state index in [0.717, 1.165) is 29.7 Å². The molecule has 0 bridgehead atoms. The van der Waals surface area contributed by atoms with E-state index < -0.39 is 0 Å². The van der Waals surface area contributed by atoms with Gasteiger partial charge < -0.3 is 10.6 Å². The number of hydrogen-bond acceptors (Lipinski definition) is 2. The lowest BCUT2D eigenvalue weighted by Crippen LogP contribution is -2.38. The first-order valence-corrected chi connectivity index (χ1v) is 6.19. The van der Waals surface area contributed by atoms with Crippen LogP contribution in [0.4, 0.5) is 5.69 Å². The number of benzene rings is 1. The number of rotatable bonds is 3. The highest BCUT2D eigenvalue weighted by molar-refractivity contribution is 5.95. The largest absolute Gasteiger partial charge is 0.399 e. The van der Waals surface area contributed by atoms with Gasteiger partial charge in [-0.3, -0.25) is 4.79 Å². The maximum Gasteiger partial charge on any atom is 0.254 e. The lowest BCUT2D eigenvalue weighted by Gasteiger charge is -2.27. The lowest BCUT2D eigenvalue weighted by atomic mass is 10.1. The molecule has 1 aromatic carbocycles. The molecule has 3 nitrogen and oxygen atoms in total. The number of nitrogens with zero attached hydrogens (tertiary/aromatic N) is 1. The molecule has 0 heterocycles. The Balaban J connectivity index is 0.00000162. The summed E-state index contributed by atoms with van der Waals surface area (Å²) >= 11 is 0. The summed E-state index contributed by atoms with van der Waals surface area (Å²) in [6.45, 7) is 6.07. The maximum atomic E-state index is 12.4. The Labute approximate surface area is 115 Å². The molecule has 0 aliphatic heterocycles. The van der Waals surface area contributed by atoms with E-state index >= 15 is 0 Å². The van der Waals surface area contributed by atoms with Gasteiger partial charge in [0.15, 0.2) is 0 Å². The van der Waals surface area contributed by atoms with Crippen LogP contribution in [0.2, 0.25) is 0 Å². The fourth-order valence-electron chi connectivity index (χ4n) is 2.13. The molecule has 2 rings (SSSR count). The maximum absolute atomic E-state index is 12.4. The molecule has 2 N–H and O–H groups in total. The van der Waals surface area contributed by atoms with Crippen molar-refractivity contribution in [3.63, 3.8) is 0 Å². The summed E-state index contributed by atoms with van der Waals surface area (Å²) in [4.78, 5) is 14.4. The van der Waals surface area contributed by atoms with Crippen molar-refractivity contribution in [3.8, 4) is 0 Å². The third-order valence-corrected chi connectivity index (χ3v) is 3.25. The Bertz CT molecular complexity index is 439. The molecule has 4 heteroatoms.